The van der Waals surface area contributed by atoms with E-state index in [1.165, 1.54) is 0 Å². The third-order valence-electron chi connectivity index (χ3n) is 2.98. The molecule has 108 valence electrons. The van der Waals surface area contributed by atoms with Crippen LogP contribution in [0.4, 0.5) is 22.7 Å². The van der Waals surface area contributed by atoms with Crippen LogP contribution in [0.1, 0.15) is 0 Å². The molecule has 0 fully saturated rings. The zero-order chi connectivity index (χ0) is 15.0. The number of fused-ring (bicyclic) bond motifs is 1. The molecule has 0 aliphatic carbocycles. The van der Waals surface area contributed by atoms with Crippen molar-refractivity contribution in [2.45, 2.75) is 0 Å². The maximum Gasteiger partial charge on any atom is 0.262 e. The van der Waals surface area contributed by atoms with Crippen molar-refractivity contribution < 1.29 is 9.53 Å². The van der Waals surface area contributed by atoms with Gasteiger partial charge in [0.1, 0.15) is 5.75 Å². The predicted molar refractivity (Wildman–Crippen MR) is 87.4 cm³/mol. The first-order valence-electron chi connectivity index (χ1n) is 6.11. The molecule has 7 heteroatoms. The number of nitrogens with one attached hydrogen (secondary N) is 2. The van der Waals surface area contributed by atoms with E-state index in [0.29, 0.717) is 27.8 Å². The highest BCUT2D eigenvalue weighted by Crippen LogP contribution is 2.37. The highest BCUT2D eigenvalue weighted by atomic mass is 79.9. The van der Waals surface area contributed by atoms with E-state index in [0.717, 1.165) is 10.2 Å². The van der Waals surface area contributed by atoms with Crippen molar-refractivity contribution in [1.82, 2.24) is 0 Å². The normalized spacial score (nSPS) is 13.1. The van der Waals surface area contributed by atoms with Gasteiger partial charge in [-0.2, -0.15) is 0 Å². The van der Waals surface area contributed by atoms with Gasteiger partial charge in [-0.25, -0.2) is 0 Å². The number of carbonyl (C=O) groups excluding carboxylic acids is 1. The third-order valence-corrected chi connectivity index (χ3v) is 4.22. The van der Waals surface area contributed by atoms with Gasteiger partial charge in [0.15, 0.2) is 6.61 Å². The number of carbonyl (C=O) groups is 1. The monoisotopic (exact) mass is 367 g/mol. The number of ether oxygens (including phenoxy) is 1. The molecule has 0 atom stereocenters. The van der Waals surface area contributed by atoms with Gasteiger partial charge in [-0.15, -0.1) is 0 Å². The second-order valence-corrected chi connectivity index (χ2v) is 5.79. The van der Waals surface area contributed by atoms with Crippen molar-refractivity contribution in [1.29, 1.82) is 0 Å². The Kier molecular flexibility index (Phi) is 3.65. The van der Waals surface area contributed by atoms with Gasteiger partial charge in [0, 0.05) is 16.2 Å². The average molecular weight is 369 g/mol. The van der Waals surface area contributed by atoms with Crippen LogP contribution in [0.25, 0.3) is 0 Å². The number of hydrogen-bond acceptors (Lipinski definition) is 4. The Hall–Kier alpha value is -1.92. The SMILES string of the molecule is Nc1cc2c(cc1Nc1ccc(Br)c(Cl)c1)NC(=O)CO2. The molecule has 4 N–H and O–H groups in total. The molecule has 0 bridgehead atoms. The first-order chi connectivity index (χ1) is 10.0. The smallest absolute Gasteiger partial charge is 0.262 e. The number of nitrogen functional groups attached to an aromatic ring is 1. The highest BCUT2D eigenvalue weighted by molar-refractivity contribution is 9.10. The van der Waals surface area contributed by atoms with Crippen LogP contribution in [0.15, 0.2) is 34.8 Å². The molecule has 0 saturated heterocycles. The van der Waals surface area contributed by atoms with Gasteiger partial charge in [-0.1, -0.05) is 11.6 Å². The largest absolute Gasteiger partial charge is 0.482 e. The zero-order valence-corrected chi connectivity index (χ0v) is 13.1. The van der Waals surface area contributed by atoms with E-state index < -0.39 is 0 Å². The molecular weight excluding hydrogens is 358 g/mol. The summed E-state index contributed by atoms with van der Waals surface area (Å²) < 4.78 is 6.12. The van der Waals surface area contributed by atoms with Crippen molar-refractivity contribution in [3.8, 4) is 5.75 Å². The van der Waals surface area contributed by atoms with Crippen LogP contribution in [0.2, 0.25) is 5.02 Å². The molecule has 1 amide bonds. The minimum absolute atomic E-state index is 0.00152. The lowest BCUT2D eigenvalue weighted by atomic mass is 10.2. The van der Waals surface area contributed by atoms with Crippen LogP contribution in [0.5, 0.6) is 5.75 Å². The van der Waals surface area contributed by atoms with Crippen LogP contribution in [0.3, 0.4) is 0 Å². The summed E-state index contributed by atoms with van der Waals surface area (Å²) >= 11 is 9.40. The molecule has 21 heavy (non-hydrogen) atoms. The third kappa shape index (κ3) is 2.91. The van der Waals surface area contributed by atoms with Crippen molar-refractivity contribution in [2.24, 2.45) is 0 Å². The summed E-state index contributed by atoms with van der Waals surface area (Å²) in [5.74, 6) is 0.372. The molecule has 0 unspecified atom stereocenters. The quantitative estimate of drug-likeness (QED) is 0.706. The van der Waals surface area contributed by atoms with Gasteiger partial charge in [-0.05, 0) is 40.2 Å². The Morgan fingerprint density at radius 3 is 2.90 bits per heavy atom. The van der Waals surface area contributed by atoms with E-state index in [1.807, 2.05) is 12.1 Å². The molecule has 0 aromatic heterocycles. The fourth-order valence-electron chi connectivity index (χ4n) is 1.98. The first-order valence-corrected chi connectivity index (χ1v) is 7.28. The Bertz CT molecular complexity index is 736. The second kappa shape index (κ2) is 5.46. The number of benzene rings is 2. The first kappa shape index (κ1) is 14.0. The standard InChI is InChI=1S/C14H11BrClN3O2/c15-8-2-1-7(3-9(8)16)18-11-5-12-13(4-10(11)17)21-6-14(20)19-12/h1-5,18H,6,17H2,(H,19,20). The van der Waals surface area contributed by atoms with E-state index in [-0.39, 0.29) is 12.5 Å². The molecule has 0 spiro atoms. The summed E-state index contributed by atoms with van der Waals surface area (Å²) in [5.41, 5.74) is 8.56. The maximum atomic E-state index is 11.4. The fraction of sp³-hybridized carbons (Fsp3) is 0.0714. The van der Waals surface area contributed by atoms with Crippen molar-refractivity contribution in [3.63, 3.8) is 0 Å². The van der Waals surface area contributed by atoms with Crippen molar-refractivity contribution in [3.05, 3.63) is 39.8 Å². The Morgan fingerprint density at radius 1 is 1.33 bits per heavy atom. The minimum atomic E-state index is -0.190. The topological polar surface area (TPSA) is 76.4 Å². The number of nitrogens with two attached hydrogens (primary N) is 1. The molecule has 1 aliphatic heterocycles. The van der Waals surface area contributed by atoms with Gasteiger partial charge >= 0.3 is 0 Å². The molecule has 1 heterocycles. The average Bonchev–Trinajstić information content (AvgIpc) is 2.44. The van der Waals surface area contributed by atoms with Gasteiger partial charge in [0.2, 0.25) is 0 Å². The minimum Gasteiger partial charge on any atom is -0.482 e. The number of halogens is 2. The van der Waals surface area contributed by atoms with E-state index in [2.05, 4.69) is 26.6 Å². The molecule has 5 nitrogen and oxygen atoms in total. The van der Waals surface area contributed by atoms with Crippen molar-refractivity contribution >= 4 is 56.2 Å². The fourth-order valence-corrected chi connectivity index (χ4v) is 2.41. The molecular formula is C14H11BrClN3O2. The summed E-state index contributed by atoms with van der Waals surface area (Å²) in [5, 5.41) is 6.50. The summed E-state index contributed by atoms with van der Waals surface area (Å²) in [4.78, 5) is 11.4. The highest BCUT2D eigenvalue weighted by Gasteiger charge is 2.18. The summed E-state index contributed by atoms with van der Waals surface area (Å²) in [6, 6.07) is 8.89. The summed E-state index contributed by atoms with van der Waals surface area (Å²) in [6.07, 6.45) is 0. The Labute approximate surface area is 134 Å². The van der Waals surface area contributed by atoms with E-state index in [4.69, 9.17) is 22.1 Å². The van der Waals surface area contributed by atoms with Gasteiger partial charge in [0.05, 0.1) is 22.1 Å². The lowest BCUT2D eigenvalue weighted by Crippen LogP contribution is -2.25. The maximum absolute atomic E-state index is 11.4. The number of anilines is 4. The van der Waals surface area contributed by atoms with Crippen LogP contribution in [0, 0.1) is 0 Å². The molecule has 2 aromatic rings. The molecule has 0 saturated carbocycles. The van der Waals surface area contributed by atoms with Crippen LogP contribution >= 0.6 is 27.5 Å². The van der Waals surface area contributed by atoms with Crippen LogP contribution in [-0.4, -0.2) is 12.5 Å². The van der Waals surface area contributed by atoms with Gasteiger partial charge in [-0.3, -0.25) is 4.79 Å². The molecule has 2 aromatic carbocycles. The van der Waals surface area contributed by atoms with E-state index >= 15 is 0 Å². The molecule has 0 radical (unpaired) electrons. The second-order valence-electron chi connectivity index (χ2n) is 4.53. The number of rotatable bonds is 2. The lowest BCUT2D eigenvalue weighted by Gasteiger charge is -2.20. The van der Waals surface area contributed by atoms with Gasteiger partial charge in [0.25, 0.3) is 5.91 Å². The predicted octanol–water partition coefficient (Wildman–Crippen LogP) is 3.76. The Morgan fingerprint density at radius 2 is 2.14 bits per heavy atom. The Balaban J connectivity index is 1.93. The summed E-state index contributed by atoms with van der Waals surface area (Å²) in [6.45, 7) is 0.00152. The number of amides is 1. The van der Waals surface area contributed by atoms with E-state index in [9.17, 15) is 4.79 Å². The molecule has 1 aliphatic rings. The lowest BCUT2D eigenvalue weighted by molar-refractivity contribution is -0.118. The van der Waals surface area contributed by atoms with Crippen LogP contribution < -0.4 is 21.1 Å². The number of hydrogen-bond donors (Lipinski definition) is 3. The van der Waals surface area contributed by atoms with Crippen LogP contribution in [-0.2, 0) is 4.79 Å². The zero-order valence-electron chi connectivity index (χ0n) is 10.7. The van der Waals surface area contributed by atoms with E-state index in [1.54, 1.807) is 18.2 Å². The summed E-state index contributed by atoms with van der Waals surface area (Å²) in [7, 11) is 0. The van der Waals surface area contributed by atoms with Crippen molar-refractivity contribution in [2.75, 3.05) is 23.0 Å². The molecule has 3 rings (SSSR count). The van der Waals surface area contributed by atoms with Gasteiger partial charge < -0.3 is 21.1 Å².